The van der Waals surface area contributed by atoms with Crippen LogP contribution >= 0.6 is 0 Å². The molecule has 5 heteroatoms. The minimum atomic E-state index is -0.683. The van der Waals surface area contributed by atoms with Crippen LogP contribution in [0.1, 0.15) is 11.1 Å². The molecule has 19 heavy (non-hydrogen) atoms. The van der Waals surface area contributed by atoms with E-state index in [1.54, 1.807) is 18.2 Å². The van der Waals surface area contributed by atoms with Gasteiger partial charge in [-0.2, -0.15) is 0 Å². The van der Waals surface area contributed by atoms with Crippen LogP contribution in [0.5, 0.6) is 11.5 Å². The molecular formula is C14H12F2N2O. The molecule has 0 spiro atoms. The Hall–Kier alpha value is -2.43. The maximum atomic E-state index is 13.5. The first-order valence-electron chi connectivity index (χ1n) is 5.55. The van der Waals surface area contributed by atoms with Gasteiger partial charge in [-0.25, -0.2) is 8.78 Å². The van der Waals surface area contributed by atoms with Gasteiger partial charge in [0.25, 0.3) is 0 Å². The summed E-state index contributed by atoms with van der Waals surface area (Å²) < 4.78 is 31.9. The summed E-state index contributed by atoms with van der Waals surface area (Å²) in [5.74, 6) is -1.51. The highest BCUT2D eigenvalue weighted by atomic mass is 19.1. The van der Waals surface area contributed by atoms with Crippen molar-refractivity contribution in [3.05, 3.63) is 59.2 Å². The molecule has 0 radical (unpaired) electrons. The summed E-state index contributed by atoms with van der Waals surface area (Å²) >= 11 is 0. The minimum absolute atomic E-state index is 0.202. The summed E-state index contributed by atoms with van der Waals surface area (Å²) in [5.41, 5.74) is 6.61. The van der Waals surface area contributed by atoms with Gasteiger partial charge in [0, 0.05) is 6.07 Å². The van der Waals surface area contributed by atoms with E-state index in [0.717, 1.165) is 23.8 Å². The van der Waals surface area contributed by atoms with Gasteiger partial charge in [0.15, 0.2) is 11.6 Å². The highest BCUT2D eigenvalue weighted by Crippen LogP contribution is 2.28. The number of nitrogen functional groups attached to an aromatic ring is 1. The van der Waals surface area contributed by atoms with E-state index < -0.39 is 11.6 Å². The molecule has 0 unspecified atom stereocenters. The lowest BCUT2D eigenvalue weighted by molar-refractivity contribution is 0.435. The SMILES string of the molecule is Cc1ccc(C(=N)N)c(Oc2cc(F)ccc2F)c1. The number of halogens is 2. The molecule has 0 heterocycles. The molecule has 0 amide bonds. The highest BCUT2D eigenvalue weighted by molar-refractivity contribution is 5.97. The lowest BCUT2D eigenvalue weighted by atomic mass is 10.1. The maximum Gasteiger partial charge on any atom is 0.166 e. The van der Waals surface area contributed by atoms with Crippen LogP contribution in [-0.2, 0) is 0 Å². The average Bonchev–Trinajstić information content (AvgIpc) is 2.33. The summed E-state index contributed by atoms with van der Waals surface area (Å²) in [6.07, 6.45) is 0. The second kappa shape index (κ2) is 5.06. The predicted octanol–water partition coefficient (Wildman–Crippen LogP) is 3.35. The molecule has 0 aromatic heterocycles. The van der Waals surface area contributed by atoms with Crippen molar-refractivity contribution in [2.45, 2.75) is 6.92 Å². The molecule has 2 rings (SSSR count). The molecule has 0 atom stereocenters. The molecular weight excluding hydrogens is 250 g/mol. The highest BCUT2D eigenvalue weighted by Gasteiger charge is 2.11. The Morgan fingerprint density at radius 1 is 1.11 bits per heavy atom. The topological polar surface area (TPSA) is 59.1 Å². The van der Waals surface area contributed by atoms with Gasteiger partial charge in [-0.1, -0.05) is 6.07 Å². The van der Waals surface area contributed by atoms with E-state index in [1.165, 1.54) is 0 Å². The second-order valence-corrected chi connectivity index (χ2v) is 4.09. The average molecular weight is 262 g/mol. The zero-order chi connectivity index (χ0) is 14.0. The molecule has 0 saturated carbocycles. The molecule has 2 aromatic rings. The Morgan fingerprint density at radius 3 is 2.53 bits per heavy atom. The zero-order valence-corrected chi connectivity index (χ0v) is 10.2. The lowest BCUT2D eigenvalue weighted by Crippen LogP contribution is -2.12. The van der Waals surface area contributed by atoms with Crippen molar-refractivity contribution >= 4 is 5.84 Å². The van der Waals surface area contributed by atoms with Crippen LogP contribution in [-0.4, -0.2) is 5.84 Å². The zero-order valence-electron chi connectivity index (χ0n) is 10.2. The van der Waals surface area contributed by atoms with Gasteiger partial charge in [-0.15, -0.1) is 0 Å². The van der Waals surface area contributed by atoms with Crippen LogP contribution in [0.15, 0.2) is 36.4 Å². The monoisotopic (exact) mass is 262 g/mol. The Bertz CT molecular complexity index is 641. The number of nitrogens with one attached hydrogen (secondary N) is 1. The Morgan fingerprint density at radius 2 is 1.84 bits per heavy atom. The Labute approximate surface area is 109 Å². The Kier molecular flexibility index (Phi) is 3.46. The summed E-state index contributed by atoms with van der Waals surface area (Å²) in [7, 11) is 0. The van der Waals surface area contributed by atoms with Crippen molar-refractivity contribution < 1.29 is 13.5 Å². The molecule has 0 bridgehead atoms. The number of ether oxygens (including phenoxy) is 1. The normalized spacial score (nSPS) is 10.3. The van der Waals surface area contributed by atoms with E-state index in [9.17, 15) is 8.78 Å². The van der Waals surface area contributed by atoms with Gasteiger partial charge in [0.05, 0.1) is 5.56 Å². The fourth-order valence-electron chi connectivity index (χ4n) is 1.61. The molecule has 0 aliphatic carbocycles. The fraction of sp³-hybridized carbons (Fsp3) is 0.0714. The van der Waals surface area contributed by atoms with Crippen molar-refractivity contribution in [2.75, 3.05) is 0 Å². The van der Waals surface area contributed by atoms with Gasteiger partial charge in [-0.05, 0) is 36.8 Å². The standard InChI is InChI=1S/C14H12F2N2O/c1-8-2-4-10(14(17)18)12(6-8)19-13-7-9(15)3-5-11(13)16/h2-7H,1H3,(H3,17,18). The van der Waals surface area contributed by atoms with Gasteiger partial charge < -0.3 is 10.5 Å². The van der Waals surface area contributed by atoms with E-state index in [1.807, 2.05) is 6.92 Å². The smallest absolute Gasteiger partial charge is 0.166 e. The number of rotatable bonds is 3. The number of aryl methyl sites for hydroxylation is 1. The predicted molar refractivity (Wildman–Crippen MR) is 68.6 cm³/mol. The van der Waals surface area contributed by atoms with Crippen LogP contribution in [0.25, 0.3) is 0 Å². The number of amidine groups is 1. The van der Waals surface area contributed by atoms with Crippen LogP contribution in [0, 0.1) is 24.0 Å². The number of hydrogen-bond acceptors (Lipinski definition) is 2. The number of hydrogen-bond donors (Lipinski definition) is 2. The largest absolute Gasteiger partial charge is 0.453 e. The first kappa shape index (κ1) is 13.0. The van der Waals surface area contributed by atoms with Gasteiger partial charge in [0.1, 0.15) is 17.4 Å². The summed E-state index contributed by atoms with van der Waals surface area (Å²) in [6, 6.07) is 7.90. The van der Waals surface area contributed by atoms with Crippen LogP contribution in [0.2, 0.25) is 0 Å². The molecule has 98 valence electrons. The number of benzene rings is 2. The molecule has 0 aliphatic heterocycles. The van der Waals surface area contributed by atoms with E-state index in [2.05, 4.69) is 0 Å². The maximum absolute atomic E-state index is 13.5. The van der Waals surface area contributed by atoms with Crippen LogP contribution < -0.4 is 10.5 Å². The van der Waals surface area contributed by atoms with E-state index in [-0.39, 0.29) is 17.3 Å². The molecule has 2 aromatic carbocycles. The van der Waals surface area contributed by atoms with E-state index >= 15 is 0 Å². The minimum Gasteiger partial charge on any atom is -0.453 e. The van der Waals surface area contributed by atoms with E-state index in [0.29, 0.717) is 5.56 Å². The van der Waals surface area contributed by atoms with Gasteiger partial charge in [-0.3, -0.25) is 5.41 Å². The fourth-order valence-corrected chi connectivity index (χ4v) is 1.61. The molecule has 0 saturated heterocycles. The van der Waals surface area contributed by atoms with Crippen molar-refractivity contribution in [3.63, 3.8) is 0 Å². The van der Waals surface area contributed by atoms with Crippen LogP contribution in [0.3, 0.4) is 0 Å². The summed E-state index contributed by atoms with van der Waals surface area (Å²) in [6.45, 7) is 1.82. The van der Waals surface area contributed by atoms with Gasteiger partial charge >= 0.3 is 0 Å². The third-order valence-corrected chi connectivity index (χ3v) is 2.54. The molecule has 3 N–H and O–H groups in total. The Balaban J connectivity index is 2.45. The van der Waals surface area contributed by atoms with Crippen molar-refractivity contribution in [1.29, 1.82) is 5.41 Å². The summed E-state index contributed by atoms with van der Waals surface area (Å²) in [4.78, 5) is 0. The molecule has 0 fully saturated rings. The third kappa shape index (κ3) is 2.88. The van der Waals surface area contributed by atoms with E-state index in [4.69, 9.17) is 15.9 Å². The molecule has 3 nitrogen and oxygen atoms in total. The second-order valence-electron chi connectivity index (χ2n) is 4.09. The van der Waals surface area contributed by atoms with Crippen LogP contribution in [0.4, 0.5) is 8.78 Å². The van der Waals surface area contributed by atoms with Crippen molar-refractivity contribution in [3.8, 4) is 11.5 Å². The number of nitrogens with two attached hydrogens (primary N) is 1. The third-order valence-electron chi connectivity index (χ3n) is 2.54. The molecule has 0 aliphatic rings. The van der Waals surface area contributed by atoms with Crippen molar-refractivity contribution in [1.82, 2.24) is 0 Å². The first-order chi connectivity index (χ1) is 8.97. The lowest BCUT2D eigenvalue weighted by Gasteiger charge is -2.11. The summed E-state index contributed by atoms with van der Waals surface area (Å²) in [5, 5.41) is 7.44. The first-order valence-corrected chi connectivity index (χ1v) is 5.55. The van der Waals surface area contributed by atoms with Crippen molar-refractivity contribution in [2.24, 2.45) is 5.73 Å². The van der Waals surface area contributed by atoms with Gasteiger partial charge in [0.2, 0.25) is 0 Å². The quantitative estimate of drug-likeness (QED) is 0.658.